The fourth-order valence-corrected chi connectivity index (χ4v) is 1.65. The van der Waals surface area contributed by atoms with E-state index < -0.39 is 5.97 Å². The van der Waals surface area contributed by atoms with Crippen LogP contribution in [-0.2, 0) is 6.42 Å². The predicted molar refractivity (Wildman–Crippen MR) is 71.7 cm³/mol. The van der Waals surface area contributed by atoms with Gasteiger partial charge in [0.1, 0.15) is 0 Å². The summed E-state index contributed by atoms with van der Waals surface area (Å²) >= 11 is 0. The minimum absolute atomic E-state index is 0.0595. The molecule has 96 valence electrons. The maximum Gasteiger partial charge on any atom is 0.335 e. The SMILES string of the molecule is C=CCC(=CCCc1ccc(C(=O)O)cc1)CO. The van der Waals surface area contributed by atoms with E-state index in [-0.39, 0.29) is 6.61 Å². The highest BCUT2D eigenvalue weighted by molar-refractivity contribution is 5.87. The molecule has 3 nitrogen and oxygen atoms in total. The molecule has 0 atom stereocenters. The second-order valence-electron chi connectivity index (χ2n) is 4.05. The number of aliphatic hydroxyl groups is 1. The maximum absolute atomic E-state index is 10.7. The Hall–Kier alpha value is -1.87. The zero-order valence-corrected chi connectivity index (χ0v) is 10.3. The van der Waals surface area contributed by atoms with Crippen LogP contribution in [0.2, 0.25) is 0 Å². The van der Waals surface area contributed by atoms with Crippen molar-refractivity contribution in [2.45, 2.75) is 19.3 Å². The Labute approximate surface area is 107 Å². The molecule has 0 aliphatic rings. The molecule has 2 N–H and O–H groups in total. The van der Waals surface area contributed by atoms with E-state index in [4.69, 9.17) is 10.2 Å². The first kappa shape index (κ1) is 14.2. The lowest BCUT2D eigenvalue weighted by Gasteiger charge is -2.02. The summed E-state index contributed by atoms with van der Waals surface area (Å²) in [6.07, 6.45) is 6.14. The molecular weight excluding hydrogens is 228 g/mol. The molecule has 18 heavy (non-hydrogen) atoms. The van der Waals surface area contributed by atoms with Gasteiger partial charge in [0, 0.05) is 0 Å². The molecule has 0 heterocycles. The van der Waals surface area contributed by atoms with Crippen LogP contribution in [0.4, 0.5) is 0 Å². The lowest BCUT2D eigenvalue weighted by atomic mass is 10.1. The number of hydrogen-bond acceptors (Lipinski definition) is 2. The Morgan fingerprint density at radius 1 is 1.28 bits per heavy atom. The van der Waals surface area contributed by atoms with Crippen LogP contribution in [0.5, 0.6) is 0 Å². The highest BCUT2D eigenvalue weighted by atomic mass is 16.4. The van der Waals surface area contributed by atoms with E-state index in [9.17, 15) is 4.79 Å². The Morgan fingerprint density at radius 3 is 2.44 bits per heavy atom. The monoisotopic (exact) mass is 246 g/mol. The topological polar surface area (TPSA) is 57.5 Å². The van der Waals surface area contributed by atoms with Crippen LogP contribution >= 0.6 is 0 Å². The zero-order valence-electron chi connectivity index (χ0n) is 10.3. The maximum atomic E-state index is 10.7. The van der Waals surface area contributed by atoms with E-state index in [1.807, 2.05) is 18.2 Å². The third-order valence-corrected chi connectivity index (χ3v) is 2.68. The molecule has 0 aliphatic carbocycles. The van der Waals surface area contributed by atoms with Gasteiger partial charge in [-0.3, -0.25) is 0 Å². The first-order chi connectivity index (χ1) is 8.67. The molecule has 1 rings (SSSR count). The standard InChI is InChI=1S/C15H18O3/c1-2-4-13(11-16)6-3-5-12-7-9-14(10-8-12)15(17)18/h2,6-10,16H,1,3-5,11H2,(H,17,18). The second kappa shape index (κ2) is 7.45. The normalized spacial score (nSPS) is 11.3. The summed E-state index contributed by atoms with van der Waals surface area (Å²) in [5, 5.41) is 17.8. The number of hydrogen-bond donors (Lipinski definition) is 2. The largest absolute Gasteiger partial charge is 0.478 e. The van der Waals surface area contributed by atoms with Gasteiger partial charge in [-0.15, -0.1) is 6.58 Å². The van der Waals surface area contributed by atoms with Gasteiger partial charge in [-0.25, -0.2) is 4.79 Å². The van der Waals surface area contributed by atoms with Crippen LogP contribution in [0, 0.1) is 0 Å². The fraction of sp³-hybridized carbons (Fsp3) is 0.267. The number of aryl methyl sites for hydroxylation is 1. The van der Waals surface area contributed by atoms with Gasteiger partial charge in [0.15, 0.2) is 0 Å². The summed E-state index contributed by atoms with van der Waals surface area (Å²) in [7, 11) is 0. The molecule has 3 heteroatoms. The van der Waals surface area contributed by atoms with Crippen molar-refractivity contribution in [2.75, 3.05) is 6.61 Å². The average molecular weight is 246 g/mol. The van der Waals surface area contributed by atoms with E-state index in [0.29, 0.717) is 12.0 Å². The number of rotatable bonds is 7. The Kier molecular flexibility index (Phi) is 5.88. The molecule has 0 aromatic heterocycles. The van der Waals surface area contributed by atoms with Crippen molar-refractivity contribution >= 4 is 5.97 Å². The van der Waals surface area contributed by atoms with E-state index in [0.717, 1.165) is 24.0 Å². The number of carboxylic acid groups (broad SMARTS) is 1. The third kappa shape index (κ3) is 4.55. The third-order valence-electron chi connectivity index (χ3n) is 2.68. The predicted octanol–water partition coefficient (Wildman–Crippen LogP) is 2.81. The average Bonchev–Trinajstić information content (AvgIpc) is 2.38. The number of allylic oxidation sites excluding steroid dienone is 2. The van der Waals surface area contributed by atoms with E-state index in [1.54, 1.807) is 18.2 Å². The van der Waals surface area contributed by atoms with Crippen molar-refractivity contribution in [3.63, 3.8) is 0 Å². The van der Waals surface area contributed by atoms with E-state index >= 15 is 0 Å². The molecule has 0 fully saturated rings. The summed E-state index contributed by atoms with van der Waals surface area (Å²) in [5.41, 5.74) is 2.36. The zero-order chi connectivity index (χ0) is 13.4. The van der Waals surface area contributed by atoms with Crippen molar-refractivity contribution < 1.29 is 15.0 Å². The Bertz CT molecular complexity index is 430. The van der Waals surface area contributed by atoms with Gasteiger partial charge < -0.3 is 10.2 Å². The van der Waals surface area contributed by atoms with Crippen molar-refractivity contribution in [3.05, 3.63) is 59.7 Å². The Morgan fingerprint density at radius 2 is 1.94 bits per heavy atom. The molecule has 0 aliphatic heterocycles. The molecule has 0 bridgehead atoms. The van der Waals surface area contributed by atoms with E-state index in [2.05, 4.69) is 6.58 Å². The highest BCUT2D eigenvalue weighted by Crippen LogP contribution is 2.09. The minimum atomic E-state index is -0.907. The van der Waals surface area contributed by atoms with Crippen molar-refractivity contribution in [3.8, 4) is 0 Å². The first-order valence-corrected chi connectivity index (χ1v) is 5.89. The quantitative estimate of drug-likeness (QED) is 0.727. The fourth-order valence-electron chi connectivity index (χ4n) is 1.65. The van der Waals surface area contributed by atoms with Crippen LogP contribution < -0.4 is 0 Å². The summed E-state index contributed by atoms with van der Waals surface area (Å²) in [5.74, 6) is -0.907. The van der Waals surface area contributed by atoms with Gasteiger partial charge in [-0.05, 0) is 42.5 Å². The lowest BCUT2D eigenvalue weighted by molar-refractivity contribution is 0.0697. The molecule has 1 aromatic carbocycles. The van der Waals surface area contributed by atoms with E-state index in [1.165, 1.54) is 0 Å². The van der Waals surface area contributed by atoms with Crippen LogP contribution in [-0.4, -0.2) is 22.8 Å². The number of aliphatic hydroxyl groups excluding tert-OH is 1. The van der Waals surface area contributed by atoms with Crippen molar-refractivity contribution in [1.29, 1.82) is 0 Å². The van der Waals surface area contributed by atoms with Crippen molar-refractivity contribution in [2.24, 2.45) is 0 Å². The smallest absolute Gasteiger partial charge is 0.335 e. The number of aromatic carboxylic acids is 1. The number of carboxylic acids is 1. The molecule has 1 aromatic rings. The van der Waals surface area contributed by atoms with Gasteiger partial charge in [-0.1, -0.05) is 24.3 Å². The van der Waals surface area contributed by atoms with Crippen LogP contribution in [0.15, 0.2) is 48.6 Å². The molecule has 0 spiro atoms. The van der Waals surface area contributed by atoms with Gasteiger partial charge in [0.05, 0.1) is 12.2 Å². The minimum Gasteiger partial charge on any atom is -0.478 e. The first-order valence-electron chi connectivity index (χ1n) is 5.89. The van der Waals surface area contributed by atoms with Gasteiger partial charge in [-0.2, -0.15) is 0 Å². The van der Waals surface area contributed by atoms with Gasteiger partial charge >= 0.3 is 5.97 Å². The summed E-state index contributed by atoms with van der Waals surface area (Å²) in [4.78, 5) is 10.7. The second-order valence-corrected chi connectivity index (χ2v) is 4.05. The molecular formula is C15H18O3. The van der Waals surface area contributed by atoms with Crippen LogP contribution in [0.1, 0.15) is 28.8 Å². The number of carbonyl (C=O) groups is 1. The van der Waals surface area contributed by atoms with Gasteiger partial charge in [0.25, 0.3) is 0 Å². The molecule has 0 saturated heterocycles. The lowest BCUT2D eigenvalue weighted by Crippen LogP contribution is -1.96. The molecule has 0 saturated carbocycles. The molecule has 0 radical (unpaired) electrons. The van der Waals surface area contributed by atoms with Gasteiger partial charge in [0.2, 0.25) is 0 Å². The van der Waals surface area contributed by atoms with Crippen molar-refractivity contribution in [1.82, 2.24) is 0 Å². The Balaban J connectivity index is 2.53. The number of benzene rings is 1. The summed E-state index contributed by atoms with van der Waals surface area (Å²) < 4.78 is 0. The highest BCUT2D eigenvalue weighted by Gasteiger charge is 2.01. The summed E-state index contributed by atoms with van der Waals surface area (Å²) in [6.45, 7) is 3.69. The van der Waals surface area contributed by atoms with Crippen LogP contribution in [0.25, 0.3) is 0 Å². The molecule has 0 amide bonds. The van der Waals surface area contributed by atoms with Crippen LogP contribution in [0.3, 0.4) is 0 Å². The summed E-state index contributed by atoms with van der Waals surface area (Å²) in [6, 6.07) is 6.86. The molecule has 0 unspecified atom stereocenters.